The number of halogens is 1. The van der Waals surface area contributed by atoms with Crippen molar-refractivity contribution < 1.29 is 14.6 Å². The number of aromatic nitrogens is 2. The normalized spacial score (nSPS) is 17.6. The molecule has 3 rings (SSSR count). The number of hydrogen-bond donors (Lipinski definition) is 1. The molecule has 1 atom stereocenters. The lowest BCUT2D eigenvalue weighted by molar-refractivity contribution is 0.0689. The molecule has 7 heteroatoms. The van der Waals surface area contributed by atoms with Crippen LogP contribution in [0, 0.1) is 0 Å². The van der Waals surface area contributed by atoms with Gasteiger partial charge in [-0.2, -0.15) is 16.9 Å². The van der Waals surface area contributed by atoms with Crippen molar-refractivity contribution >= 4 is 29.3 Å². The number of benzene rings is 1. The minimum absolute atomic E-state index is 0.0110. The summed E-state index contributed by atoms with van der Waals surface area (Å²) in [4.78, 5) is 11.0. The molecule has 1 aliphatic rings. The van der Waals surface area contributed by atoms with Crippen LogP contribution >= 0.6 is 23.4 Å². The van der Waals surface area contributed by atoms with E-state index in [9.17, 15) is 4.79 Å². The van der Waals surface area contributed by atoms with E-state index in [0.717, 1.165) is 23.5 Å². The zero-order chi connectivity index (χ0) is 15.7. The van der Waals surface area contributed by atoms with Gasteiger partial charge in [0.15, 0.2) is 5.69 Å². The van der Waals surface area contributed by atoms with Crippen LogP contribution in [0.5, 0.6) is 5.75 Å². The third kappa shape index (κ3) is 3.08. The molecule has 1 unspecified atom stereocenters. The molecule has 1 fully saturated rings. The second-order valence-electron chi connectivity index (χ2n) is 5.09. The number of carboxylic acids is 1. The van der Waals surface area contributed by atoms with Crippen molar-refractivity contribution in [3.05, 3.63) is 35.0 Å². The Morgan fingerprint density at radius 3 is 2.91 bits per heavy atom. The lowest BCUT2D eigenvalue weighted by atomic mass is 10.1. The van der Waals surface area contributed by atoms with Gasteiger partial charge in [0.05, 0.1) is 10.7 Å². The van der Waals surface area contributed by atoms with Crippen LogP contribution in [0.15, 0.2) is 24.3 Å². The van der Waals surface area contributed by atoms with Crippen molar-refractivity contribution in [2.45, 2.75) is 12.5 Å². The number of aromatic carboxylic acids is 1. The summed E-state index contributed by atoms with van der Waals surface area (Å²) < 4.78 is 7.43. The second-order valence-corrected chi connectivity index (χ2v) is 6.65. The summed E-state index contributed by atoms with van der Waals surface area (Å²) in [6.45, 7) is 0. The molecule has 0 spiro atoms. The molecule has 2 heterocycles. The van der Waals surface area contributed by atoms with E-state index in [1.807, 2.05) is 23.9 Å². The largest absolute Gasteiger partial charge is 0.488 e. The maximum atomic E-state index is 11.0. The van der Waals surface area contributed by atoms with E-state index in [4.69, 9.17) is 21.4 Å². The maximum absolute atomic E-state index is 11.0. The first-order valence-corrected chi connectivity index (χ1v) is 8.39. The molecular formula is C15H15ClN2O3S. The molecule has 1 aromatic carbocycles. The fourth-order valence-electron chi connectivity index (χ4n) is 2.38. The Balaban J connectivity index is 1.86. The fourth-order valence-corrected chi connectivity index (χ4v) is 3.70. The molecule has 0 bridgehead atoms. The molecule has 116 valence electrons. The molecule has 0 radical (unpaired) electrons. The molecule has 1 N–H and O–H groups in total. The minimum Gasteiger partial charge on any atom is -0.488 e. The van der Waals surface area contributed by atoms with Crippen molar-refractivity contribution in [3.8, 4) is 17.0 Å². The highest BCUT2D eigenvalue weighted by atomic mass is 35.5. The Hall–Kier alpha value is -1.66. The monoisotopic (exact) mass is 338 g/mol. The molecule has 1 aromatic heterocycles. The van der Waals surface area contributed by atoms with Crippen LogP contribution in [0.3, 0.4) is 0 Å². The number of aryl methyl sites for hydroxylation is 1. The number of carbonyl (C=O) groups is 1. The lowest BCUT2D eigenvalue weighted by Gasteiger charge is -2.14. The highest BCUT2D eigenvalue weighted by Gasteiger charge is 2.19. The number of hydrogen-bond acceptors (Lipinski definition) is 4. The predicted octanol–water partition coefficient (Wildman–Crippen LogP) is 3.32. The number of nitrogens with zero attached hydrogens (tertiary/aromatic N) is 2. The van der Waals surface area contributed by atoms with Gasteiger partial charge in [-0.05, 0) is 36.4 Å². The first-order chi connectivity index (χ1) is 10.5. The van der Waals surface area contributed by atoms with E-state index in [2.05, 4.69) is 5.10 Å². The highest BCUT2D eigenvalue weighted by molar-refractivity contribution is 7.99. The van der Waals surface area contributed by atoms with Crippen molar-refractivity contribution in [2.75, 3.05) is 11.5 Å². The van der Waals surface area contributed by atoms with Gasteiger partial charge in [-0.3, -0.25) is 4.68 Å². The second kappa shape index (κ2) is 6.22. The molecule has 0 amide bonds. The van der Waals surface area contributed by atoms with Gasteiger partial charge >= 0.3 is 5.97 Å². The summed E-state index contributed by atoms with van der Waals surface area (Å²) in [5, 5.41) is 13.5. The zero-order valence-corrected chi connectivity index (χ0v) is 13.5. The molecule has 0 saturated carbocycles. The molecule has 1 saturated heterocycles. The zero-order valence-electron chi connectivity index (χ0n) is 12.0. The van der Waals surface area contributed by atoms with Crippen molar-refractivity contribution in [1.29, 1.82) is 0 Å². The molecular weight excluding hydrogens is 324 g/mol. The molecule has 2 aromatic rings. The van der Waals surface area contributed by atoms with Gasteiger partial charge in [0, 0.05) is 18.4 Å². The van der Waals surface area contributed by atoms with Crippen molar-refractivity contribution in [2.24, 2.45) is 7.05 Å². The number of carboxylic acid groups (broad SMARTS) is 1. The summed E-state index contributed by atoms with van der Waals surface area (Å²) in [5.41, 5.74) is 1.51. The van der Waals surface area contributed by atoms with Crippen LogP contribution in [0.25, 0.3) is 11.3 Å². The third-order valence-corrected chi connectivity index (χ3v) is 4.94. The van der Waals surface area contributed by atoms with Gasteiger partial charge in [0.25, 0.3) is 0 Å². The van der Waals surface area contributed by atoms with Crippen molar-refractivity contribution in [3.63, 3.8) is 0 Å². The summed E-state index contributed by atoms with van der Waals surface area (Å²) in [6, 6.07) is 7.00. The van der Waals surface area contributed by atoms with Gasteiger partial charge < -0.3 is 9.84 Å². The fraction of sp³-hybridized carbons (Fsp3) is 0.333. The van der Waals surface area contributed by atoms with Crippen LogP contribution in [0.4, 0.5) is 0 Å². The standard InChI is InChI=1S/C15H15ClN2O3S/c1-18-13(7-12(17-18)15(19)20)9-2-3-14(11(16)6-9)21-10-4-5-22-8-10/h2-3,6-7,10H,4-5,8H2,1H3,(H,19,20). The van der Waals surface area contributed by atoms with E-state index in [1.165, 1.54) is 10.7 Å². The number of ether oxygens (including phenoxy) is 1. The Morgan fingerprint density at radius 2 is 2.32 bits per heavy atom. The summed E-state index contributed by atoms with van der Waals surface area (Å²) in [6.07, 6.45) is 1.25. The average molecular weight is 339 g/mol. The first-order valence-electron chi connectivity index (χ1n) is 6.86. The van der Waals surface area contributed by atoms with Gasteiger partial charge in [0.2, 0.25) is 0 Å². The topological polar surface area (TPSA) is 64.4 Å². The third-order valence-electron chi connectivity index (χ3n) is 3.51. The average Bonchev–Trinajstić information content (AvgIpc) is 3.10. The summed E-state index contributed by atoms with van der Waals surface area (Å²) in [7, 11) is 1.70. The van der Waals surface area contributed by atoms with Crippen LogP contribution in [0.2, 0.25) is 5.02 Å². The maximum Gasteiger partial charge on any atom is 0.356 e. The molecule has 5 nitrogen and oxygen atoms in total. The van der Waals surface area contributed by atoms with Gasteiger partial charge in [-0.15, -0.1) is 0 Å². The van der Waals surface area contributed by atoms with Crippen LogP contribution in [-0.2, 0) is 7.05 Å². The van der Waals surface area contributed by atoms with Gasteiger partial charge in [0.1, 0.15) is 11.9 Å². The van der Waals surface area contributed by atoms with E-state index >= 15 is 0 Å². The Morgan fingerprint density at radius 1 is 1.50 bits per heavy atom. The SMILES string of the molecule is Cn1nc(C(=O)O)cc1-c1ccc(OC2CCSC2)c(Cl)c1. The smallest absolute Gasteiger partial charge is 0.356 e. The van der Waals surface area contributed by atoms with Crippen LogP contribution in [-0.4, -0.2) is 38.5 Å². The summed E-state index contributed by atoms with van der Waals surface area (Å²) >= 11 is 8.18. The van der Waals surface area contributed by atoms with Gasteiger partial charge in [-0.1, -0.05) is 11.6 Å². The molecule has 1 aliphatic heterocycles. The van der Waals surface area contributed by atoms with Gasteiger partial charge in [-0.25, -0.2) is 4.79 Å². The quantitative estimate of drug-likeness (QED) is 0.926. The Bertz CT molecular complexity index is 711. The molecule has 0 aliphatic carbocycles. The van der Waals surface area contributed by atoms with E-state index in [-0.39, 0.29) is 11.8 Å². The van der Waals surface area contributed by atoms with Crippen LogP contribution < -0.4 is 4.74 Å². The van der Waals surface area contributed by atoms with Crippen LogP contribution in [0.1, 0.15) is 16.9 Å². The minimum atomic E-state index is -1.05. The van der Waals surface area contributed by atoms with E-state index in [1.54, 1.807) is 13.1 Å². The summed E-state index contributed by atoms with van der Waals surface area (Å²) in [5.74, 6) is 1.72. The Kier molecular flexibility index (Phi) is 4.31. The van der Waals surface area contributed by atoms with Crippen molar-refractivity contribution in [1.82, 2.24) is 9.78 Å². The first kappa shape index (κ1) is 15.2. The highest BCUT2D eigenvalue weighted by Crippen LogP contribution is 2.33. The lowest BCUT2D eigenvalue weighted by Crippen LogP contribution is -2.14. The number of rotatable bonds is 4. The predicted molar refractivity (Wildman–Crippen MR) is 87.0 cm³/mol. The molecule has 22 heavy (non-hydrogen) atoms. The Labute approximate surface area is 137 Å². The van der Waals surface area contributed by atoms with E-state index in [0.29, 0.717) is 16.5 Å². The van der Waals surface area contributed by atoms with E-state index < -0.39 is 5.97 Å². The number of thioether (sulfide) groups is 1.